The summed E-state index contributed by atoms with van der Waals surface area (Å²) in [7, 11) is 0. The third-order valence-corrected chi connectivity index (χ3v) is 5.43. The van der Waals surface area contributed by atoms with Gasteiger partial charge in [-0.3, -0.25) is 14.6 Å². The normalized spacial score (nSPS) is 16.5. The minimum Gasteiger partial charge on any atom is -0.351 e. The van der Waals surface area contributed by atoms with Crippen molar-refractivity contribution in [3.8, 4) is 0 Å². The zero-order valence-corrected chi connectivity index (χ0v) is 16.0. The Labute approximate surface area is 156 Å². The highest BCUT2D eigenvalue weighted by molar-refractivity contribution is 7.11. The minimum absolute atomic E-state index is 0.00355. The number of hydrogen-bond donors (Lipinski definition) is 1. The number of amides is 1. The molecule has 26 heavy (non-hydrogen) atoms. The molecule has 7 heteroatoms. The molecule has 2 heterocycles. The van der Waals surface area contributed by atoms with Crippen LogP contribution in [0.2, 0.25) is 0 Å². The van der Waals surface area contributed by atoms with E-state index in [0.29, 0.717) is 18.7 Å². The molecule has 6 nitrogen and oxygen atoms in total. The molecule has 1 aromatic carbocycles. The molecule has 0 radical (unpaired) electrons. The quantitative estimate of drug-likeness (QED) is 0.848. The molecule has 2 aromatic rings. The second kappa shape index (κ2) is 7.78. The summed E-state index contributed by atoms with van der Waals surface area (Å²) in [6.07, 6.45) is 1.07. The topological polar surface area (TPSA) is 74.7 Å². The van der Waals surface area contributed by atoms with Crippen molar-refractivity contribution >= 4 is 34.4 Å². The fourth-order valence-corrected chi connectivity index (χ4v) is 3.92. The number of nitrogens with zero attached hydrogens (tertiary/aromatic N) is 3. The van der Waals surface area contributed by atoms with Crippen LogP contribution in [0.3, 0.4) is 0 Å². The molecule has 1 aromatic heterocycles. The Morgan fingerprint density at radius 3 is 2.62 bits per heavy atom. The van der Waals surface area contributed by atoms with Gasteiger partial charge in [0.25, 0.3) is 5.91 Å². The number of para-hydroxylation sites is 1. The Hall–Kier alpha value is -2.54. The number of ketones is 1. The van der Waals surface area contributed by atoms with Gasteiger partial charge in [-0.25, -0.2) is 4.98 Å². The van der Waals surface area contributed by atoms with Crippen molar-refractivity contribution in [3.05, 3.63) is 45.9 Å². The van der Waals surface area contributed by atoms with E-state index in [1.165, 1.54) is 11.8 Å². The number of hydrogen-bond acceptors (Lipinski definition) is 6. The summed E-state index contributed by atoms with van der Waals surface area (Å²) in [5, 5.41) is 10.0. The van der Waals surface area contributed by atoms with Gasteiger partial charge in [0, 0.05) is 24.3 Å². The van der Waals surface area contributed by atoms with Gasteiger partial charge in [-0.15, -0.1) is 11.3 Å². The first-order valence-electron chi connectivity index (χ1n) is 8.59. The standard InChI is InChI=1S/C19H22N4O2S/c1-12-18(26-14(3)21-12)9-10-20-19(25)16-11-17(13(2)24)23(22-16)15-7-5-4-6-8-15/h4-8,17H,9-11H2,1-3H3,(H,20,25). The van der Waals surface area contributed by atoms with Crippen LogP contribution in [0.5, 0.6) is 0 Å². The van der Waals surface area contributed by atoms with Crippen LogP contribution >= 0.6 is 11.3 Å². The number of aromatic nitrogens is 1. The maximum atomic E-state index is 12.5. The SMILES string of the molecule is CC(=O)C1CC(C(=O)NCCc2sc(C)nc2C)=NN1c1ccccc1. The number of carbonyl (C=O) groups excluding carboxylic acids is 2. The Morgan fingerprint density at radius 1 is 1.27 bits per heavy atom. The van der Waals surface area contributed by atoms with Crippen LogP contribution in [-0.2, 0) is 16.0 Å². The van der Waals surface area contributed by atoms with E-state index in [-0.39, 0.29) is 11.7 Å². The van der Waals surface area contributed by atoms with E-state index >= 15 is 0 Å². The number of rotatable bonds is 6. The van der Waals surface area contributed by atoms with Crippen LogP contribution in [-0.4, -0.2) is 35.0 Å². The number of benzene rings is 1. The summed E-state index contributed by atoms with van der Waals surface area (Å²) in [5.74, 6) is -0.218. The van der Waals surface area contributed by atoms with Crippen molar-refractivity contribution in [3.63, 3.8) is 0 Å². The predicted molar refractivity (Wildman–Crippen MR) is 104 cm³/mol. The third kappa shape index (κ3) is 3.99. The lowest BCUT2D eigenvalue weighted by Gasteiger charge is -2.20. The van der Waals surface area contributed by atoms with Crippen LogP contribution < -0.4 is 10.3 Å². The van der Waals surface area contributed by atoms with E-state index in [1.54, 1.807) is 16.3 Å². The molecule has 1 aliphatic heterocycles. The number of aryl methyl sites for hydroxylation is 2. The lowest BCUT2D eigenvalue weighted by Crippen LogP contribution is -2.34. The third-order valence-electron chi connectivity index (χ3n) is 4.30. The molecule has 0 saturated carbocycles. The lowest BCUT2D eigenvalue weighted by atomic mass is 10.1. The molecule has 1 aliphatic rings. The number of hydrazone groups is 1. The Bertz CT molecular complexity index is 844. The van der Waals surface area contributed by atoms with Crippen molar-refractivity contribution in [2.45, 2.75) is 39.7 Å². The summed E-state index contributed by atoms with van der Waals surface area (Å²) in [6.45, 7) is 6.02. The van der Waals surface area contributed by atoms with E-state index in [1.807, 2.05) is 44.2 Å². The van der Waals surface area contributed by atoms with Gasteiger partial charge in [0.1, 0.15) is 11.8 Å². The first-order valence-corrected chi connectivity index (χ1v) is 9.40. The molecular formula is C19H22N4O2S. The second-order valence-corrected chi connectivity index (χ2v) is 7.59. The van der Waals surface area contributed by atoms with Crippen molar-refractivity contribution in [2.24, 2.45) is 5.10 Å². The fourth-order valence-electron chi connectivity index (χ4n) is 2.98. The van der Waals surface area contributed by atoms with Gasteiger partial charge >= 0.3 is 0 Å². The van der Waals surface area contributed by atoms with Crippen molar-refractivity contribution < 1.29 is 9.59 Å². The second-order valence-electron chi connectivity index (χ2n) is 6.30. The summed E-state index contributed by atoms with van der Waals surface area (Å²) in [5.41, 5.74) is 2.23. The summed E-state index contributed by atoms with van der Waals surface area (Å²) >= 11 is 1.65. The van der Waals surface area contributed by atoms with Crippen molar-refractivity contribution in [2.75, 3.05) is 11.6 Å². The van der Waals surface area contributed by atoms with Crippen LogP contribution in [0.15, 0.2) is 35.4 Å². The van der Waals surface area contributed by atoms with E-state index < -0.39 is 6.04 Å². The molecule has 3 rings (SSSR count). The average molecular weight is 370 g/mol. The number of anilines is 1. The predicted octanol–water partition coefficient (Wildman–Crippen LogP) is 2.64. The highest BCUT2D eigenvalue weighted by atomic mass is 32.1. The smallest absolute Gasteiger partial charge is 0.267 e. The molecule has 0 bridgehead atoms. The van der Waals surface area contributed by atoms with Crippen LogP contribution in [0.1, 0.15) is 28.9 Å². The lowest BCUT2D eigenvalue weighted by molar-refractivity contribution is -0.118. The van der Waals surface area contributed by atoms with Gasteiger partial charge in [-0.05, 0) is 32.9 Å². The monoisotopic (exact) mass is 370 g/mol. The summed E-state index contributed by atoms with van der Waals surface area (Å²) in [6, 6.07) is 9.02. The highest BCUT2D eigenvalue weighted by Gasteiger charge is 2.33. The van der Waals surface area contributed by atoms with Gasteiger partial charge in [0.15, 0.2) is 5.78 Å². The molecule has 0 aliphatic carbocycles. The van der Waals surface area contributed by atoms with Gasteiger partial charge in [0.2, 0.25) is 0 Å². The molecule has 136 valence electrons. The summed E-state index contributed by atoms with van der Waals surface area (Å²) < 4.78 is 0. The average Bonchev–Trinajstić information content (AvgIpc) is 3.19. The zero-order chi connectivity index (χ0) is 18.7. The Morgan fingerprint density at radius 2 is 2.00 bits per heavy atom. The van der Waals surface area contributed by atoms with Crippen LogP contribution in [0, 0.1) is 13.8 Å². The van der Waals surface area contributed by atoms with Gasteiger partial charge in [-0.1, -0.05) is 18.2 Å². The number of Topliss-reactive ketones (excluding diaryl/α,β-unsaturated/α-hetero) is 1. The Balaban J connectivity index is 1.65. The van der Waals surface area contributed by atoms with Crippen LogP contribution in [0.25, 0.3) is 0 Å². The molecule has 0 fully saturated rings. The fraction of sp³-hybridized carbons (Fsp3) is 0.368. The molecule has 1 N–H and O–H groups in total. The molecule has 0 saturated heterocycles. The highest BCUT2D eigenvalue weighted by Crippen LogP contribution is 2.25. The molecule has 0 spiro atoms. The summed E-state index contributed by atoms with van der Waals surface area (Å²) in [4.78, 5) is 30.0. The minimum atomic E-state index is -0.426. The number of nitrogens with one attached hydrogen (secondary N) is 1. The van der Waals surface area contributed by atoms with Crippen molar-refractivity contribution in [1.82, 2.24) is 10.3 Å². The Kier molecular flexibility index (Phi) is 5.46. The van der Waals surface area contributed by atoms with Gasteiger partial charge < -0.3 is 5.32 Å². The van der Waals surface area contributed by atoms with Crippen molar-refractivity contribution in [1.29, 1.82) is 0 Å². The van der Waals surface area contributed by atoms with E-state index in [2.05, 4.69) is 15.4 Å². The maximum absolute atomic E-state index is 12.5. The number of thiazole rings is 1. The van der Waals surface area contributed by atoms with Gasteiger partial charge in [-0.2, -0.15) is 5.10 Å². The van der Waals surface area contributed by atoms with E-state index in [9.17, 15) is 9.59 Å². The molecule has 1 atom stereocenters. The molecule has 1 amide bonds. The molecule has 1 unspecified atom stereocenters. The van der Waals surface area contributed by atoms with E-state index in [0.717, 1.165) is 22.8 Å². The zero-order valence-electron chi connectivity index (χ0n) is 15.2. The number of carbonyl (C=O) groups is 2. The van der Waals surface area contributed by atoms with Crippen LogP contribution in [0.4, 0.5) is 5.69 Å². The van der Waals surface area contributed by atoms with Gasteiger partial charge in [0.05, 0.1) is 16.4 Å². The van der Waals surface area contributed by atoms with E-state index in [4.69, 9.17) is 0 Å². The molecular weight excluding hydrogens is 348 g/mol. The first kappa shape index (κ1) is 18.3. The first-order chi connectivity index (χ1) is 12.5. The largest absolute Gasteiger partial charge is 0.351 e. The maximum Gasteiger partial charge on any atom is 0.267 e.